The molecule has 39 heavy (non-hydrogen) atoms. The summed E-state index contributed by atoms with van der Waals surface area (Å²) in [6, 6.07) is 0. The van der Waals surface area contributed by atoms with Gasteiger partial charge in [0.1, 0.15) is 0 Å². The molecule has 0 aromatic heterocycles. The Hall–Kier alpha value is -0.120. The molecule has 0 saturated carbocycles. The topological polar surface area (TPSA) is 43.7 Å². The molecule has 0 spiro atoms. The normalized spacial score (nSPS) is 11.7. The molecule has 0 rings (SSSR count). The lowest BCUT2D eigenvalue weighted by molar-refractivity contribution is 0.254. The van der Waals surface area contributed by atoms with Crippen LogP contribution in [0.1, 0.15) is 200 Å². The van der Waals surface area contributed by atoms with Gasteiger partial charge >= 0.3 is 0 Å². The van der Waals surface area contributed by atoms with Crippen molar-refractivity contribution in [1.29, 1.82) is 0 Å². The van der Waals surface area contributed by atoms with E-state index >= 15 is 0 Å². The lowest BCUT2D eigenvalue weighted by Crippen LogP contribution is -2.27. The Kier molecular flexibility index (Phi) is 35.8. The zero-order valence-corrected chi connectivity index (χ0v) is 27.1. The predicted molar refractivity (Wildman–Crippen MR) is 175 cm³/mol. The second-order valence-corrected chi connectivity index (χ2v) is 12.5. The first kappa shape index (κ1) is 38.9. The van der Waals surface area contributed by atoms with Gasteiger partial charge in [-0.05, 0) is 51.7 Å². The fraction of sp³-hybridized carbons (Fsp3) is 1.00. The van der Waals surface area contributed by atoms with Crippen molar-refractivity contribution in [3.8, 4) is 0 Å². The van der Waals surface area contributed by atoms with Crippen molar-refractivity contribution in [3.63, 3.8) is 0 Å². The zero-order valence-electron chi connectivity index (χ0n) is 27.1. The van der Waals surface area contributed by atoms with E-state index in [1.54, 1.807) is 0 Å². The number of unbranched alkanes of at least 4 members (excludes halogenated alkanes) is 27. The standard InChI is InChI=1S/C36H75NO2/c1-2-3-4-5-6-17-22-27-32-37(33-28-23-18-13-9-7-11-15-20-25-30-35-38)34-29-24-19-14-10-8-12-16-21-26-31-36-39/h38-39H,2-36H2,1H3. The van der Waals surface area contributed by atoms with Crippen molar-refractivity contribution in [2.45, 2.75) is 200 Å². The summed E-state index contributed by atoms with van der Waals surface area (Å²) < 4.78 is 0. The first-order valence-corrected chi connectivity index (χ1v) is 18.3. The second kappa shape index (κ2) is 35.9. The quantitative estimate of drug-likeness (QED) is 0.0767. The fourth-order valence-electron chi connectivity index (χ4n) is 5.88. The molecule has 0 radical (unpaired) electrons. The van der Waals surface area contributed by atoms with Gasteiger partial charge < -0.3 is 15.1 Å². The van der Waals surface area contributed by atoms with E-state index in [9.17, 15) is 0 Å². The Morgan fingerprint density at radius 2 is 0.487 bits per heavy atom. The van der Waals surface area contributed by atoms with Gasteiger partial charge in [-0.2, -0.15) is 0 Å². The molecule has 0 unspecified atom stereocenters. The van der Waals surface area contributed by atoms with Gasteiger partial charge in [0.05, 0.1) is 0 Å². The van der Waals surface area contributed by atoms with Gasteiger partial charge in [-0.15, -0.1) is 0 Å². The third-order valence-electron chi connectivity index (χ3n) is 8.59. The Labute approximate surface area is 247 Å². The number of hydrogen-bond donors (Lipinski definition) is 2. The van der Waals surface area contributed by atoms with Crippen molar-refractivity contribution in [3.05, 3.63) is 0 Å². The molecular weight excluding hydrogens is 478 g/mol. The molecule has 0 aromatic carbocycles. The summed E-state index contributed by atoms with van der Waals surface area (Å²) in [6.45, 7) is 7.04. The van der Waals surface area contributed by atoms with E-state index in [4.69, 9.17) is 10.2 Å². The van der Waals surface area contributed by atoms with Gasteiger partial charge in [0.15, 0.2) is 0 Å². The summed E-state index contributed by atoms with van der Waals surface area (Å²) in [5.41, 5.74) is 0. The maximum Gasteiger partial charge on any atom is 0.0431 e. The van der Waals surface area contributed by atoms with Crippen molar-refractivity contribution < 1.29 is 10.2 Å². The van der Waals surface area contributed by atoms with Gasteiger partial charge in [0.25, 0.3) is 0 Å². The molecule has 3 heteroatoms. The fourth-order valence-corrected chi connectivity index (χ4v) is 5.88. The molecule has 0 heterocycles. The zero-order chi connectivity index (χ0) is 28.3. The SMILES string of the molecule is CCCCCCCCCCN(CCCCCCCCCCCCCO)CCCCCCCCCCCCCO. The van der Waals surface area contributed by atoms with Crippen molar-refractivity contribution >= 4 is 0 Å². The molecule has 0 saturated heterocycles. The first-order valence-electron chi connectivity index (χ1n) is 18.3. The van der Waals surface area contributed by atoms with Gasteiger partial charge in [-0.25, -0.2) is 0 Å². The smallest absolute Gasteiger partial charge is 0.0431 e. The van der Waals surface area contributed by atoms with Crippen LogP contribution in [-0.2, 0) is 0 Å². The minimum atomic E-state index is 0.366. The lowest BCUT2D eigenvalue weighted by Gasteiger charge is -2.22. The molecule has 0 bridgehead atoms. The highest BCUT2D eigenvalue weighted by Gasteiger charge is 2.05. The number of rotatable bonds is 35. The Morgan fingerprint density at radius 3 is 0.718 bits per heavy atom. The van der Waals surface area contributed by atoms with Crippen LogP contribution in [0.2, 0.25) is 0 Å². The van der Waals surface area contributed by atoms with Gasteiger partial charge in [-0.3, -0.25) is 0 Å². The number of hydrogen-bond acceptors (Lipinski definition) is 3. The van der Waals surface area contributed by atoms with Crippen LogP contribution in [0.5, 0.6) is 0 Å². The van der Waals surface area contributed by atoms with E-state index in [0.717, 1.165) is 12.8 Å². The van der Waals surface area contributed by atoms with E-state index in [2.05, 4.69) is 11.8 Å². The Morgan fingerprint density at radius 1 is 0.282 bits per heavy atom. The number of aliphatic hydroxyl groups excluding tert-OH is 2. The van der Waals surface area contributed by atoms with E-state index < -0.39 is 0 Å². The third-order valence-corrected chi connectivity index (χ3v) is 8.59. The second-order valence-electron chi connectivity index (χ2n) is 12.5. The Bertz CT molecular complexity index is 389. The van der Waals surface area contributed by atoms with Crippen LogP contribution in [0, 0.1) is 0 Å². The summed E-state index contributed by atoms with van der Waals surface area (Å²) in [6.07, 6.45) is 40.9. The predicted octanol–water partition coefficient (Wildman–Crippen LogP) is 11.0. The van der Waals surface area contributed by atoms with Crippen LogP contribution in [-0.4, -0.2) is 48.0 Å². The van der Waals surface area contributed by atoms with Crippen LogP contribution in [0.4, 0.5) is 0 Å². The minimum absolute atomic E-state index is 0.366. The number of aliphatic hydroxyl groups is 2. The van der Waals surface area contributed by atoms with Crippen LogP contribution in [0.25, 0.3) is 0 Å². The number of nitrogens with zero attached hydrogens (tertiary/aromatic N) is 1. The Balaban J connectivity index is 3.84. The van der Waals surface area contributed by atoms with Crippen molar-refractivity contribution in [2.24, 2.45) is 0 Å². The van der Waals surface area contributed by atoms with Crippen molar-refractivity contribution in [2.75, 3.05) is 32.8 Å². The largest absolute Gasteiger partial charge is 0.396 e. The van der Waals surface area contributed by atoms with Crippen LogP contribution in [0.15, 0.2) is 0 Å². The molecule has 0 aromatic rings. The molecular formula is C36H75NO2. The van der Waals surface area contributed by atoms with Gasteiger partial charge in [0.2, 0.25) is 0 Å². The van der Waals surface area contributed by atoms with Crippen LogP contribution in [0.3, 0.4) is 0 Å². The molecule has 2 N–H and O–H groups in total. The summed E-state index contributed by atoms with van der Waals surface area (Å²) in [5, 5.41) is 17.7. The molecule has 0 atom stereocenters. The highest BCUT2D eigenvalue weighted by atomic mass is 16.3. The molecule has 3 nitrogen and oxygen atoms in total. The summed E-state index contributed by atoms with van der Waals surface area (Å²) >= 11 is 0. The highest BCUT2D eigenvalue weighted by molar-refractivity contribution is 4.61. The third kappa shape index (κ3) is 34.0. The average Bonchev–Trinajstić information content (AvgIpc) is 2.95. The van der Waals surface area contributed by atoms with Gasteiger partial charge in [-0.1, -0.05) is 167 Å². The molecule has 0 fully saturated rings. The van der Waals surface area contributed by atoms with E-state index in [1.165, 1.54) is 199 Å². The maximum atomic E-state index is 8.86. The molecule has 0 amide bonds. The first-order chi connectivity index (χ1) is 19.3. The van der Waals surface area contributed by atoms with E-state index in [-0.39, 0.29) is 0 Å². The average molecular weight is 554 g/mol. The molecule has 0 aliphatic carbocycles. The maximum absolute atomic E-state index is 8.86. The van der Waals surface area contributed by atoms with E-state index in [0.29, 0.717) is 13.2 Å². The van der Waals surface area contributed by atoms with Gasteiger partial charge in [0, 0.05) is 13.2 Å². The summed E-state index contributed by atoms with van der Waals surface area (Å²) in [4.78, 5) is 2.82. The monoisotopic (exact) mass is 554 g/mol. The van der Waals surface area contributed by atoms with Crippen molar-refractivity contribution in [1.82, 2.24) is 4.90 Å². The minimum Gasteiger partial charge on any atom is -0.396 e. The molecule has 236 valence electrons. The molecule has 0 aliphatic heterocycles. The van der Waals surface area contributed by atoms with E-state index in [1.807, 2.05) is 0 Å². The highest BCUT2D eigenvalue weighted by Crippen LogP contribution is 2.15. The lowest BCUT2D eigenvalue weighted by atomic mass is 10.0. The summed E-state index contributed by atoms with van der Waals surface area (Å²) in [5.74, 6) is 0. The van der Waals surface area contributed by atoms with Crippen LogP contribution < -0.4 is 0 Å². The molecule has 0 aliphatic rings. The van der Waals surface area contributed by atoms with Crippen LogP contribution >= 0.6 is 0 Å². The summed E-state index contributed by atoms with van der Waals surface area (Å²) in [7, 11) is 0.